The first-order chi connectivity index (χ1) is 15.6. The minimum atomic E-state index is -5.03. The van der Waals surface area contributed by atoms with Crippen molar-refractivity contribution in [1.82, 2.24) is 14.7 Å². The number of fused-ring (bicyclic) bond motifs is 1. The number of hydrogen-bond donors (Lipinski definition) is 1. The van der Waals surface area contributed by atoms with Gasteiger partial charge in [-0.2, -0.15) is 13.2 Å². The number of carbonyl (C=O) groups excluding carboxylic acids is 1. The zero-order valence-corrected chi connectivity index (χ0v) is 17.5. The van der Waals surface area contributed by atoms with Crippen LogP contribution in [0, 0.1) is 5.82 Å². The van der Waals surface area contributed by atoms with Crippen LogP contribution in [0.25, 0.3) is 5.65 Å². The van der Waals surface area contributed by atoms with Gasteiger partial charge in [0.15, 0.2) is 0 Å². The molecule has 0 atom stereocenters. The summed E-state index contributed by atoms with van der Waals surface area (Å²) in [6, 6.07) is 10.1. The Hall–Kier alpha value is -3.73. The van der Waals surface area contributed by atoms with Crippen molar-refractivity contribution in [3.05, 3.63) is 95.7 Å². The Morgan fingerprint density at radius 3 is 2.39 bits per heavy atom. The van der Waals surface area contributed by atoms with Crippen molar-refractivity contribution in [3.63, 3.8) is 0 Å². The van der Waals surface area contributed by atoms with Gasteiger partial charge in [0.2, 0.25) is 9.84 Å². The van der Waals surface area contributed by atoms with Gasteiger partial charge in [0.05, 0.1) is 20.9 Å². The Labute approximate surface area is 185 Å². The van der Waals surface area contributed by atoms with Gasteiger partial charge in [-0.1, -0.05) is 12.1 Å². The molecule has 0 aliphatic carbocycles. The predicted molar refractivity (Wildman–Crippen MR) is 110 cm³/mol. The third-order valence-corrected chi connectivity index (χ3v) is 6.66. The lowest BCUT2D eigenvalue weighted by atomic mass is 10.2. The number of imidazole rings is 1. The second kappa shape index (κ2) is 8.32. The molecule has 6 nitrogen and oxygen atoms in total. The van der Waals surface area contributed by atoms with Crippen LogP contribution in [0.2, 0.25) is 0 Å². The van der Waals surface area contributed by atoms with Crippen LogP contribution in [0.5, 0.6) is 0 Å². The van der Waals surface area contributed by atoms with Crippen molar-refractivity contribution in [1.29, 1.82) is 0 Å². The van der Waals surface area contributed by atoms with Crippen molar-refractivity contribution < 1.29 is 30.8 Å². The summed E-state index contributed by atoms with van der Waals surface area (Å²) >= 11 is 0. The van der Waals surface area contributed by atoms with Crippen LogP contribution in [0.4, 0.5) is 17.6 Å². The topological polar surface area (TPSA) is 80.5 Å². The van der Waals surface area contributed by atoms with E-state index < -0.39 is 32.3 Å². The van der Waals surface area contributed by atoms with Gasteiger partial charge >= 0.3 is 6.18 Å². The minimum absolute atomic E-state index is 0.0932. The molecule has 2 heterocycles. The second-order valence-electron chi connectivity index (χ2n) is 7.08. The van der Waals surface area contributed by atoms with E-state index in [4.69, 9.17) is 0 Å². The smallest absolute Gasteiger partial charge is 0.348 e. The predicted octanol–water partition coefficient (Wildman–Crippen LogP) is 4.26. The molecule has 1 N–H and O–H groups in total. The first kappa shape index (κ1) is 22.5. The van der Waals surface area contributed by atoms with Crippen LogP contribution < -0.4 is 5.32 Å². The van der Waals surface area contributed by atoms with Gasteiger partial charge in [0, 0.05) is 25.1 Å². The number of aromatic nitrogens is 2. The van der Waals surface area contributed by atoms with Gasteiger partial charge in [0.1, 0.15) is 11.5 Å². The van der Waals surface area contributed by atoms with Crippen LogP contribution in [-0.4, -0.2) is 23.7 Å². The molecule has 2 aromatic carbocycles. The highest BCUT2D eigenvalue weighted by Gasteiger charge is 2.35. The van der Waals surface area contributed by atoms with Gasteiger partial charge in [0.25, 0.3) is 5.91 Å². The fraction of sp³-hybridized carbons (Fsp3) is 0.0909. The molecular weight excluding hydrogens is 462 g/mol. The fourth-order valence-electron chi connectivity index (χ4n) is 3.15. The van der Waals surface area contributed by atoms with Crippen molar-refractivity contribution in [3.8, 4) is 0 Å². The number of nitrogens with one attached hydrogen (secondary N) is 1. The van der Waals surface area contributed by atoms with Crippen molar-refractivity contribution in [2.45, 2.75) is 22.5 Å². The van der Waals surface area contributed by atoms with E-state index in [2.05, 4.69) is 10.3 Å². The first-order valence-corrected chi connectivity index (χ1v) is 11.0. The van der Waals surface area contributed by atoms with Crippen LogP contribution in [-0.2, 0) is 22.6 Å². The largest absolute Gasteiger partial charge is 0.419 e. The molecule has 0 spiro atoms. The van der Waals surface area contributed by atoms with Gasteiger partial charge in [-0.15, -0.1) is 0 Å². The average molecular weight is 477 g/mol. The monoisotopic (exact) mass is 477 g/mol. The summed E-state index contributed by atoms with van der Waals surface area (Å²) in [4.78, 5) is 15.5. The van der Waals surface area contributed by atoms with Crippen LogP contribution >= 0.6 is 0 Å². The number of nitrogens with zero attached hydrogens (tertiary/aromatic N) is 2. The lowest BCUT2D eigenvalue weighted by molar-refractivity contribution is -0.140. The minimum Gasteiger partial charge on any atom is -0.348 e. The molecule has 0 aliphatic rings. The van der Waals surface area contributed by atoms with Crippen LogP contribution in [0.15, 0.2) is 83.0 Å². The molecule has 0 aliphatic heterocycles. The summed E-state index contributed by atoms with van der Waals surface area (Å²) in [6.07, 6.45) is -0.113. The summed E-state index contributed by atoms with van der Waals surface area (Å²) in [5, 5.41) is 2.70. The van der Waals surface area contributed by atoms with Crippen molar-refractivity contribution in [2.24, 2.45) is 0 Å². The Balaban J connectivity index is 1.49. The number of pyridine rings is 1. The van der Waals surface area contributed by atoms with E-state index in [0.29, 0.717) is 22.8 Å². The number of hydrogen-bond acceptors (Lipinski definition) is 4. The molecule has 0 saturated heterocycles. The van der Waals surface area contributed by atoms with E-state index in [1.54, 1.807) is 35.1 Å². The number of halogens is 4. The Bertz CT molecular complexity index is 1450. The van der Waals surface area contributed by atoms with E-state index in [9.17, 15) is 30.8 Å². The van der Waals surface area contributed by atoms with E-state index in [-0.39, 0.29) is 23.4 Å². The molecule has 170 valence electrons. The van der Waals surface area contributed by atoms with Gasteiger partial charge in [-0.3, -0.25) is 4.79 Å². The number of alkyl halides is 3. The Morgan fingerprint density at radius 1 is 1.00 bits per heavy atom. The molecule has 4 aromatic rings. The highest BCUT2D eigenvalue weighted by molar-refractivity contribution is 7.91. The second-order valence-corrected chi connectivity index (χ2v) is 9.03. The third-order valence-electron chi connectivity index (χ3n) is 4.89. The van der Waals surface area contributed by atoms with Crippen molar-refractivity contribution in [2.75, 3.05) is 0 Å². The Kier molecular flexibility index (Phi) is 5.66. The fourth-order valence-corrected chi connectivity index (χ4v) is 4.44. The molecule has 11 heteroatoms. The van der Waals surface area contributed by atoms with E-state index in [1.807, 2.05) is 0 Å². The van der Waals surface area contributed by atoms with E-state index in [1.165, 1.54) is 24.3 Å². The van der Waals surface area contributed by atoms with Crippen LogP contribution in [0.3, 0.4) is 0 Å². The molecule has 0 saturated carbocycles. The highest BCUT2D eigenvalue weighted by atomic mass is 32.2. The average Bonchev–Trinajstić information content (AvgIpc) is 3.25. The highest BCUT2D eigenvalue weighted by Crippen LogP contribution is 2.34. The maximum atomic E-state index is 13.5. The summed E-state index contributed by atoms with van der Waals surface area (Å²) in [5.74, 6) is -1.91. The number of sulfone groups is 1. The molecule has 0 unspecified atom stereocenters. The van der Waals surface area contributed by atoms with Gasteiger partial charge in [-0.05, 0) is 48.0 Å². The summed E-state index contributed by atoms with van der Waals surface area (Å²) in [6.45, 7) is 0.0932. The third kappa shape index (κ3) is 4.58. The lowest BCUT2D eigenvalue weighted by Gasteiger charge is -2.11. The molecule has 0 fully saturated rings. The number of benzene rings is 2. The molecule has 33 heavy (non-hydrogen) atoms. The summed E-state index contributed by atoms with van der Waals surface area (Å²) in [7, 11) is -4.31. The Morgan fingerprint density at radius 2 is 1.70 bits per heavy atom. The maximum absolute atomic E-state index is 13.5. The van der Waals surface area contributed by atoms with Crippen molar-refractivity contribution >= 4 is 21.4 Å². The normalized spacial score (nSPS) is 12.1. The molecule has 4 rings (SSSR count). The van der Waals surface area contributed by atoms with Gasteiger partial charge in [-0.25, -0.2) is 17.8 Å². The lowest BCUT2D eigenvalue weighted by Crippen LogP contribution is -2.23. The maximum Gasteiger partial charge on any atom is 0.419 e. The summed E-state index contributed by atoms with van der Waals surface area (Å²) in [5.41, 5.74) is 0.00113. The van der Waals surface area contributed by atoms with E-state index in [0.717, 1.165) is 6.07 Å². The SMILES string of the molecule is O=C(NCc1ccc(S(=O)(=O)c2ccc(F)c(C(F)(F)F)c2)cc1)c1ccc2nccn2c1. The number of rotatable bonds is 5. The number of amides is 1. The molecule has 1 amide bonds. The zero-order chi connectivity index (χ0) is 23.8. The molecule has 0 bridgehead atoms. The standard InChI is InChI=1S/C22H15F4N3O3S/c23-19-7-6-17(11-18(19)22(24,25)26)33(31,32)16-4-1-14(2-5-16)12-28-21(30)15-3-8-20-27-9-10-29(20)13-15/h1-11,13H,12H2,(H,28,30). The van der Waals surface area contributed by atoms with E-state index >= 15 is 0 Å². The molecular formula is C22H15F4N3O3S. The molecule has 2 aromatic heterocycles. The first-order valence-electron chi connectivity index (χ1n) is 9.47. The quantitative estimate of drug-likeness (QED) is 0.344. The van der Waals surface area contributed by atoms with Crippen LogP contribution in [0.1, 0.15) is 21.5 Å². The number of carbonyl (C=O) groups is 1. The summed E-state index contributed by atoms with van der Waals surface area (Å²) < 4.78 is 79.4. The molecule has 0 radical (unpaired) electrons. The zero-order valence-electron chi connectivity index (χ0n) is 16.7. The van der Waals surface area contributed by atoms with Gasteiger partial charge < -0.3 is 9.72 Å².